The van der Waals surface area contributed by atoms with Gasteiger partial charge in [-0.25, -0.2) is 4.79 Å². The van der Waals surface area contributed by atoms with Crippen molar-refractivity contribution in [2.75, 3.05) is 39.3 Å². The highest BCUT2D eigenvalue weighted by Crippen LogP contribution is 2.38. The fraction of sp³-hybridized carbons (Fsp3) is 0.706. The first-order valence-electron chi connectivity index (χ1n) is 9.11. The summed E-state index contributed by atoms with van der Waals surface area (Å²) in [4.78, 5) is 31.6. The van der Waals surface area contributed by atoms with E-state index in [1.807, 2.05) is 11.5 Å². The molecule has 0 saturated carbocycles. The molecule has 3 aliphatic heterocycles. The van der Waals surface area contributed by atoms with Crippen molar-refractivity contribution in [1.29, 1.82) is 0 Å². The predicted octanol–water partition coefficient (Wildman–Crippen LogP) is 0.374. The maximum atomic E-state index is 11.8. The van der Waals surface area contributed by atoms with Gasteiger partial charge in [0.1, 0.15) is 18.4 Å². The minimum Gasteiger partial charge on any atom is -0.458 e. The van der Waals surface area contributed by atoms with E-state index in [2.05, 4.69) is 9.88 Å². The van der Waals surface area contributed by atoms with Crippen LogP contribution >= 0.6 is 0 Å². The van der Waals surface area contributed by atoms with Crippen molar-refractivity contribution >= 4 is 6.09 Å². The number of ether oxygens (including phenoxy) is 3. The lowest BCUT2D eigenvalue weighted by molar-refractivity contribution is -0.0212. The Morgan fingerprint density at radius 2 is 2.12 bits per heavy atom. The second kappa shape index (κ2) is 6.88. The second-order valence-electron chi connectivity index (χ2n) is 6.93. The monoisotopic (exact) mass is 364 g/mol. The normalized spacial score (nSPS) is 27.8. The van der Waals surface area contributed by atoms with Gasteiger partial charge in [0.25, 0.3) is 5.56 Å². The van der Waals surface area contributed by atoms with E-state index >= 15 is 0 Å². The lowest BCUT2D eigenvalue weighted by Crippen LogP contribution is -2.51. The van der Waals surface area contributed by atoms with Crippen LogP contribution in [-0.4, -0.2) is 77.0 Å². The summed E-state index contributed by atoms with van der Waals surface area (Å²) in [5, 5.41) is 0. The van der Waals surface area contributed by atoms with Gasteiger partial charge in [-0.15, -0.1) is 0 Å². The molecular formula is C17H24N4O5. The van der Waals surface area contributed by atoms with Crippen LogP contribution in [0.1, 0.15) is 25.1 Å². The number of aryl methyl sites for hydroxylation is 1. The van der Waals surface area contributed by atoms with Gasteiger partial charge < -0.3 is 19.1 Å². The summed E-state index contributed by atoms with van der Waals surface area (Å²) >= 11 is 0. The summed E-state index contributed by atoms with van der Waals surface area (Å²) in [6, 6.07) is 0.344. The summed E-state index contributed by atoms with van der Waals surface area (Å²) in [6.07, 6.45) is 1.95. The maximum Gasteiger partial charge on any atom is 0.409 e. The average molecular weight is 364 g/mol. The molecule has 1 aromatic rings. The van der Waals surface area contributed by atoms with Gasteiger partial charge in [0.2, 0.25) is 0 Å². The van der Waals surface area contributed by atoms with E-state index in [0.717, 1.165) is 26.1 Å². The minimum atomic E-state index is -0.260. The molecule has 2 saturated heterocycles. The van der Waals surface area contributed by atoms with Gasteiger partial charge in [-0.2, -0.15) is 4.98 Å². The van der Waals surface area contributed by atoms with Crippen molar-refractivity contribution in [3.8, 4) is 6.01 Å². The second-order valence-corrected chi connectivity index (χ2v) is 6.93. The number of rotatable bonds is 3. The molecule has 0 aliphatic carbocycles. The molecule has 3 aliphatic rings. The third-order valence-corrected chi connectivity index (χ3v) is 5.17. The molecule has 0 radical (unpaired) electrons. The van der Waals surface area contributed by atoms with E-state index in [4.69, 9.17) is 14.2 Å². The Labute approximate surface area is 151 Å². The standard InChI is InChI=1S/C17H24N4O5/c1-3-24-17(23)20-6-4-19(5-7-20)10-13-12-8-14(25-13)21-9-11(2)15(22)18-16(21)26-12/h9,12-14H,3-8,10H2,1-2H3/t12-,13-,14-/m1/s1. The first-order valence-corrected chi connectivity index (χ1v) is 9.11. The van der Waals surface area contributed by atoms with Crippen LogP contribution < -0.4 is 10.3 Å². The van der Waals surface area contributed by atoms with Crippen molar-refractivity contribution in [3.63, 3.8) is 0 Å². The van der Waals surface area contributed by atoms with E-state index < -0.39 is 0 Å². The number of carbonyl (C=O) groups excluding carboxylic acids is 1. The number of piperazine rings is 1. The third kappa shape index (κ3) is 3.16. The number of hydrogen-bond acceptors (Lipinski definition) is 7. The van der Waals surface area contributed by atoms with Gasteiger partial charge >= 0.3 is 12.1 Å². The largest absolute Gasteiger partial charge is 0.458 e. The predicted molar refractivity (Wildman–Crippen MR) is 91.2 cm³/mol. The number of amides is 1. The first-order chi connectivity index (χ1) is 12.5. The lowest BCUT2D eigenvalue weighted by Gasteiger charge is -2.35. The summed E-state index contributed by atoms with van der Waals surface area (Å²) < 4.78 is 19.0. The topological polar surface area (TPSA) is 86.1 Å². The number of carbonyl (C=O) groups is 1. The Bertz CT molecular complexity index is 743. The number of aromatic nitrogens is 2. The van der Waals surface area contributed by atoms with Gasteiger partial charge in [0.05, 0.1) is 6.61 Å². The summed E-state index contributed by atoms with van der Waals surface area (Å²) in [7, 11) is 0. The van der Waals surface area contributed by atoms with Gasteiger partial charge in [-0.1, -0.05) is 0 Å². The van der Waals surface area contributed by atoms with E-state index in [0.29, 0.717) is 31.3 Å². The molecule has 0 aromatic carbocycles. The number of nitrogens with zero attached hydrogens (tertiary/aromatic N) is 4. The molecule has 9 heteroatoms. The van der Waals surface area contributed by atoms with Crippen molar-refractivity contribution < 1.29 is 19.0 Å². The molecule has 1 amide bonds. The summed E-state index contributed by atoms with van der Waals surface area (Å²) in [5.41, 5.74) is 0.321. The summed E-state index contributed by atoms with van der Waals surface area (Å²) in [6.45, 7) is 7.53. The molecule has 2 fully saturated rings. The van der Waals surface area contributed by atoms with Crippen LogP contribution in [0.15, 0.2) is 11.0 Å². The zero-order chi connectivity index (χ0) is 18.3. The molecule has 1 aromatic heterocycles. The molecule has 142 valence electrons. The average Bonchev–Trinajstić information content (AvgIpc) is 2.95. The van der Waals surface area contributed by atoms with Crippen LogP contribution in [0.4, 0.5) is 4.79 Å². The Kier molecular flexibility index (Phi) is 4.58. The fourth-order valence-electron chi connectivity index (χ4n) is 3.72. The molecule has 0 unspecified atom stereocenters. The SMILES string of the molecule is CCOC(=O)N1CCN(C[C@H]2O[C@@H]3C[C@H]2Oc2nc(=O)c(C)cn23)CC1. The molecule has 4 rings (SSSR count). The van der Waals surface area contributed by atoms with Crippen molar-refractivity contribution in [1.82, 2.24) is 19.4 Å². The minimum absolute atomic E-state index is 0.0775. The molecule has 9 nitrogen and oxygen atoms in total. The Hall–Kier alpha value is -2.13. The molecular weight excluding hydrogens is 340 g/mol. The fourth-order valence-corrected chi connectivity index (χ4v) is 3.72. The highest BCUT2D eigenvalue weighted by molar-refractivity contribution is 5.67. The molecule has 2 bridgehead atoms. The van der Waals surface area contributed by atoms with Crippen molar-refractivity contribution in [3.05, 3.63) is 22.1 Å². The van der Waals surface area contributed by atoms with Gasteiger partial charge in [-0.05, 0) is 13.8 Å². The van der Waals surface area contributed by atoms with Crippen LogP contribution in [0, 0.1) is 6.92 Å². The number of fused-ring (bicyclic) bond motifs is 4. The molecule has 3 atom stereocenters. The highest BCUT2D eigenvalue weighted by Gasteiger charge is 2.44. The molecule has 0 N–H and O–H groups in total. The van der Waals surface area contributed by atoms with Crippen LogP contribution in [0.2, 0.25) is 0 Å². The van der Waals surface area contributed by atoms with E-state index in [9.17, 15) is 9.59 Å². The molecule has 0 spiro atoms. The summed E-state index contributed by atoms with van der Waals surface area (Å²) in [5.74, 6) is 0. The van der Waals surface area contributed by atoms with E-state index in [1.165, 1.54) is 0 Å². The van der Waals surface area contributed by atoms with Gasteiger partial charge in [0.15, 0.2) is 0 Å². The van der Waals surface area contributed by atoms with Crippen LogP contribution in [0.5, 0.6) is 6.01 Å². The van der Waals surface area contributed by atoms with Crippen LogP contribution in [0.3, 0.4) is 0 Å². The van der Waals surface area contributed by atoms with E-state index in [1.54, 1.807) is 18.0 Å². The van der Waals surface area contributed by atoms with Crippen molar-refractivity contribution in [2.24, 2.45) is 0 Å². The number of hydrogen-bond donors (Lipinski definition) is 0. The van der Waals surface area contributed by atoms with Gasteiger partial charge in [-0.3, -0.25) is 14.3 Å². The highest BCUT2D eigenvalue weighted by atomic mass is 16.6. The third-order valence-electron chi connectivity index (χ3n) is 5.17. The Balaban J connectivity index is 1.36. The maximum absolute atomic E-state index is 11.8. The van der Waals surface area contributed by atoms with E-state index in [-0.39, 0.29) is 30.1 Å². The quantitative estimate of drug-likeness (QED) is 0.766. The molecule has 4 heterocycles. The first kappa shape index (κ1) is 17.3. The van der Waals surface area contributed by atoms with Gasteiger partial charge in [0, 0.05) is 50.9 Å². The zero-order valence-corrected chi connectivity index (χ0v) is 15.1. The smallest absolute Gasteiger partial charge is 0.409 e. The zero-order valence-electron chi connectivity index (χ0n) is 15.1. The van der Waals surface area contributed by atoms with Crippen LogP contribution in [0.25, 0.3) is 0 Å². The van der Waals surface area contributed by atoms with Crippen LogP contribution in [-0.2, 0) is 9.47 Å². The Morgan fingerprint density at radius 3 is 2.85 bits per heavy atom. The Morgan fingerprint density at radius 1 is 1.35 bits per heavy atom. The lowest BCUT2D eigenvalue weighted by atomic mass is 10.1. The molecule has 26 heavy (non-hydrogen) atoms. The van der Waals surface area contributed by atoms with Crippen molar-refractivity contribution in [2.45, 2.75) is 38.7 Å².